The van der Waals surface area contributed by atoms with E-state index in [0.717, 1.165) is 17.9 Å². The fourth-order valence-corrected chi connectivity index (χ4v) is 2.52. The van der Waals surface area contributed by atoms with E-state index in [9.17, 15) is 0 Å². The lowest BCUT2D eigenvalue weighted by atomic mass is 9.88. The highest BCUT2D eigenvalue weighted by molar-refractivity contribution is 5.13. The van der Waals surface area contributed by atoms with Gasteiger partial charge in [-0.25, -0.2) is 0 Å². The van der Waals surface area contributed by atoms with E-state index in [1.54, 1.807) is 0 Å². The Morgan fingerprint density at radius 1 is 1.05 bits per heavy atom. The molecule has 0 N–H and O–H groups in total. The lowest BCUT2D eigenvalue weighted by molar-refractivity contribution is 0.224. The number of hydrogen-bond donors (Lipinski definition) is 0. The van der Waals surface area contributed by atoms with E-state index in [4.69, 9.17) is 4.74 Å². The summed E-state index contributed by atoms with van der Waals surface area (Å²) in [5, 5.41) is 0. The molecule has 0 saturated heterocycles. The van der Waals surface area contributed by atoms with E-state index in [0.29, 0.717) is 5.92 Å². The van der Waals surface area contributed by atoms with Crippen molar-refractivity contribution in [3.8, 4) is 0 Å². The molecule has 1 saturated carbocycles. The van der Waals surface area contributed by atoms with E-state index in [1.807, 2.05) is 13.0 Å². The molecule has 1 heteroatoms. The largest absolute Gasteiger partial charge is 0.467 e. The fraction of sp³-hybridized carbons (Fsp3) is 0.524. The summed E-state index contributed by atoms with van der Waals surface area (Å²) < 4.78 is 5.74. The molecular formula is C21H32O. The van der Waals surface area contributed by atoms with Gasteiger partial charge in [0.1, 0.15) is 0 Å². The second kappa shape index (κ2) is 10.3. The quantitative estimate of drug-likeness (QED) is 0.565. The first-order valence-corrected chi connectivity index (χ1v) is 8.59. The number of allylic oxidation sites excluding steroid dienone is 3. The second-order valence-electron chi connectivity index (χ2n) is 6.30. The minimum atomic E-state index is 0.595. The van der Waals surface area contributed by atoms with Gasteiger partial charge in [-0.05, 0) is 51.2 Å². The van der Waals surface area contributed by atoms with Gasteiger partial charge < -0.3 is 4.74 Å². The molecule has 1 aliphatic carbocycles. The predicted octanol–water partition coefficient (Wildman–Crippen LogP) is 6.66. The second-order valence-corrected chi connectivity index (χ2v) is 6.30. The van der Waals surface area contributed by atoms with Crippen molar-refractivity contribution in [3.05, 3.63) is 59.6 Å². The van der Waals surface area contributed by atoms with Crippen LogP contribution in [0.15, 0.2) is 54.0 Å². The van der Waals surface area contributed by atoms with Gasteiger partial charge in [-0.1, -0.05) is 63.1 Å². The summed E-state index contributed by atoms with van der Waals surface area (Å²) in [4.78, 5) is 0. The summed E-state index contributed by atoms with van der Waals surface area (Å²) in [5.41, 5.74) is 2.65. The van der Waals surface area contributed by atoms with Gasteiger partial charge in [-0.15, -0.1) is 0 Å². The van der Waals surface area contributed by atoms with Gasteiger partial charge in [-0.2, -0.15) is 0 Å². The Kier molecular flexibility index (Phi) is 8.65. The van der Waals surface area contributed by atoms with E-state index in [-0.39, 0.29) is 0 Å². The minimum Gasteiger partial charge on any atom is -0.467 e. The highest BCUT2D eigenvalue weighted by Gasteiger charge is 2.17. The van der Waals surface area contributed by atoms with Gasteiger partial charge in [0.25, 0.3) is 0 Å². The van der Waals surface area contributed by atoms with Crippen LogP contribution in [0, 0.1) is 5.92 Å². The van der Waals surface area contributed by atoms with Gasteiger partial charge in [0.15, 0.2) is 0 Å². The molecule has 0 radical (unpaired) electrons. The Labute approximate surface area is 137 Å². The molecule has 0 bridgehead atoms. The number of hydrogen-bond acceptors (Lipinski definition) is 1. The molecular weight excluding hydrogens is 268 g/mol. The van der Waals surface area contributed by atoms with Crippen molar-refractivity contribution in [2.24, 2.45) is 5.92 Å². The molecule has 0 spiro atoms. The minimum absolute atomic E-state index is 0.595. The molecule has 122 valence electrons. The third kappa shape index (κ3) is 6.98. The van der Waals surface area contributed by atoms with Crippen molar-refractivity contribution >= 4 is 0 Å². The van der Waals surface area contributed by atoms with Gasteiger partial charge >= 0.3 is 0 Å². The molecule has 0 aliphatic heterocycles. The maximum Gasteiger partial charge on any atom is 0.0995 e. The third-order valence-corrected chi connectivity index (χ3v) is 4.30. The fourth-order valence-electron chi connectivity index (χ4n) is 2.52. The Bertz CT molecular complexity index is 460. The molecule has 0 atom stereocenters. The van der Waals surface area contributed by atoms with Crippen molar-refractivity contribution in [2.75, 3.05) is 0 Å². The van der Waals surface area contributed by atoms with Crippen LogP contribution in [-0.4, -0.2) is 0 Å². The van der Waals surface area contributed by atoms with E-state index < -0.39 is 0 Å². The van der Waals surface area contributed by atoms with Crippen LogP contribution in [0.4, 0.5) is 0 Å². The van der Waals surface area contributed by atoms with Crippen LogP contribution in [0.5, 0.6) is 0 Å². The summed E-state index contributed by atoms with van der Waals surface area (Å²) in [7, 11) is 0. The van der Waals surface area contributed by atoms with Crippen molar-refractivity contribution in [2.45, 2.75) is 66.2 Å². The van der Waals surface area contributed by atoms with Crippen LogP contribution in [0.2, 0.25) is 0 Å². The highest BCUT2D eigenvalue weighted by Crippen LogP contribution is 2.30. The number of rotatable bonds is 4. The molecule has 1 aliphatic rings. The van der Waals surface area contributed by atoms with Crippen LogP contribution in [0.25, 0.3) is 0 Å². The molecule has 22 heavy (non-hydrogen) atoms. The monoisotopic (exact) mass is 300 g/mol. The maximum absolute atomic E-state index is 5.74. The molecule has 0 aromatic heterocycles. The van der Waals surface area contributed by atoms with Crippen LogP contribution in [0.3, 0.4) is 0 Å². The first kappa shape index (κ1) is 18.5. The van der Waals surface area contributed by atoms with Crippen molar-refractivity contribution in [1.82, 2.24) is 0 Å². The summed E-state index contributed by atoms with van der Waals surface area (Å²) >= 11 is 0. The van der Waals surface area contributed by atoms with Gasteiger partial charge in [0, 0.05) is 5.92 Å². The van der Waals surface area contributed by atoms with Crippen molar-refractivity contribution in [3.63, 3.8) is 0 Å². The third-order valence-electron chi connectivity index (χ3n) is 4.30. The topological polar surface area (TPSA) is 9.23 Å². The summed E-state index contributed by atoms with van der Waals surface area (Å²) in [6, 6.07) is 10.5. The summed E-state index contributed by atoms with van der Waals surface area (Å²) in [5.74, 6) is 2.59. The zero-order chi connectivity index (χ0) is 16.4. The van der Waals surface area contributed by atoms with Crippen molar-refractivity contribution < 1.29 is 4.74 Å². The van der Waals surface area contributed by atoms with E-state index in [1.165, 1.54) is 43.2 Å². The smallest absolute Gasteiger partial charge is 0.0995 e. The first-order chi connectivity index (χ1) is 10.5. The molecule has 0 heterocycles. The molecule has 0 amide bonds. The lowest BCUT2D eigenvalue weighted by Crippen LogP contribution is -2.10. The summed E-state index contributed by atoms with van der Waals surface area (Å²) in [6.45, 7) is 12.4. The van der Waals surface area contributed by atoms with Crippen LogP contribution in [0.1, 0.15) is 65.4 Å². The molecule has 1 aromatic rings. The van der Waals surface area contributed by atoms with Crippen LogP contribution >= 0.6 is 0 Å². The Hall–Kier alpha value is -1.50. The number of ether oxygens (including phenoxy) is 1. The standard InChI is InChI=1S/C13H22O.C8H10/c1-10(2)11(3)14-12(4)13-8-6-5-7-9-13;1-2-8-6-4-3-5-7-8/h13H,4-9H2,1-3H3;3-7H,2H2,1H3. The van der Waals surface area contributed by atoms with Crippen molar-refractivity contribution in [1.29, 1.82) is 0 Å². The normalized spacial score (nSPS) is 14.5. The average Bonchev–Trinajstić information content (AvgIpc) is 2.56. The maximum atomic E-state index is 5.74. The number of aryl methyl sites for hydroxylation is 1. The molecule has 0 unspecified atom stereocenters. The van der Waals surface area contributed by atoms with E-state index in [2.05, 4.69) is 51.6 Å². The SMILES string of the molecule is C=C(OC(C)=C(C)C)C1CCCCC1.CCc1ccccc1. The van der Waals surface area contributed by atoms with Gasteiger partial charge in [0.05, 0.1) is 11.5 Å². The van der Waals surface area contributed by atoms with Crippen LogP contribution in [-0.2, 0) is 11.2 Å². The zero-order valence-corrected chi connectivity index (χ0v) is 14.8. The molecule has 2 rings (SSSR count). The Morgan fingerprint density at radius 2 is 1.64 bits per heavy atom. The van der Waals surface area contributed by atoms with Crippen LogP contribution < -0.4 is 0 Å². The molecule has 1 fully saturated rings. The Balaban J connectivity index is 0.000000255. The number of benzene rings is 1. The molecule has 1 nitrogen and oxygen atoms in total. The first-order valence-electron chi connectivity index (χ1n) is 8.59. The van der Waals surface area contributed by atoms with Gasteiger partial charge in [0.2, 0.25) is 0 Å². The summed E-state index contributed by atoms with van der Waals surface area (Å²) in [6.07, 6.45) is 7.71. The molecule has 1 aromatic carbocycles. The predicted molar refractivity (Wildman–Crippen MR) is 96.7 cm³/mol. The zero-order valence-electron chi connectivity index (χ0n) is 14.8. The van der Waals surface area contributed by atoms with Gasteiger partial charge in [-0.3, -0.25) is 0 Å². The Morgan fingerprint density at radius 3 is 2.09 bits per heavy atom. The van der Waals surface area contributed by atoms with E-state index >= 15 is 0 Å². The lowest BCUT2D eigenvalue weighted by Gasteiger charge is -2.24. The average molecular weight is 300 g/mol. The highest BCUT2D eigenvalue weighted by atomic mass is 16.5.